The van der Waals surface area contributed by atoms with E-state index >= 15 is 0 Å². The molecule has 2 N–H and O–H groups in total. The number of benzene rings is 2. The second-order valence-corrected chi connectivity index (χ2v) is 4.31. The fourth-order valence-electron chi connectivity index (χ4n) is 1.18. The van der Waals surface area contributed by atoms with Crippen molar-refractivity contribution < 1.29 is 4.79 Å². The lowest BCUT2D eigenvalue weighted by Gasteiger charge is -1.85. The van der Waals surface area contributed by atoms with E-state index in [-0.39, 0.29) is 0 Å². The number of nitrogens with two attached hydrogens (primary N) is 1. The highest BCUT2D eigenvalue weighted by atomic mass is 16.1. The van der Waals surface area contributed by atoms with Gasteiger partial charge in [0.25, 0.3) is 0 Å². The molecule has 0 radical (unpaired) electrons. The summed E-state index contributed by atoms with van der Waals surface area (Å²) in [5.41, 5.74) is 6.88. The molecule has 0 aliphatic carbocycles. The van der Waals surface area contributed by atoms with E-state index < -0.39 is 5.91 Å². The number of hydrogen-bond donors (Lipinski definition) is 1. The molecule has 2 aromatic rings. The molecule has 2 rings (SSSR count). The van der Waals surface area contributed by atoms with Crippen LogP contribution >= 0.6 is 0 Å². The van der Waals surface area contributed by atoms with Crippen molar-refractivity contribution in [1.29, 1.82) is 0 Å². The molecule has 130 valence electrons. The van der Waals surface area contributed by atoms with Crippen LogP contribution in [0.15, 0.2) is 112 Å². The quantitative estimate of drug-likeness (QED) is 0.568. The summed E-state index contributed by atoms with van der Waals surface area (Å²) in [5.74, 6) is -0.481. The monoisotopic (exact) mass is 333 g/mol. The minimum Gasteiger partial charge on any atom is -0.366 e. The number of rotatable bonds is 4. The Morgan fingerprint density at radius 3 is 1.08 bits per heavy atom. The van der Waals surface area contributed by atoms with Crippen LogP contribution in [-0.2, 0) is 4.79 Å². The normalized spacial score (nSPS) is 7.52. The van der Waals surface area contributed by atoms with Gasteiger partial charge in [-0.1, -0.05) is 118 Å². The van der Waals surface area contributed by atoms with Crippen molar-refractivity contribution in [3.05, 3.63) is 123 Å². The van der Waals surface area contributed by atoms with Crippen molar-refractivity contribution in [3.63, 3.8) is 0 Å². The van der Waals surface area contributed by atoms with Crippen molar-refractivity contribution in [2.75, 3.05) is 0 Å². The van der Waals surface area contributed by atoms with E-state index in [4.69, 9.17) is 0 Å². The zero-order chi connectivity index (χ0) is 19.3. The molecule has 0 aliphatic rings. The van der Waals surface area contributed by atoms with E-state index in [1.165, 1.54) is 11.1 Å². The largest absolute Gasteiger partial charge is 0.366 e. The van der Waals surface area contributed by atoms with Crippen LogP contribution in [0, 0.1) is 0 Å². The lowest BCUT2D eigenvalue weighted by atomic mass is 10.2. The molecule has 0 saturated carbocycles. The van der Waals surface area contributed by atoms with Gasteiger partial charge in [0.05, 0.1) is 0 Å². The van der Waals surface area contributed by atoms with Crippen LogP contribution in [0.25, 0.3) is 12.2 Å². The van der Waals surface area contributed by atoms with Gasteiger partial charge in [0.15, 0.2) is 0 Å². The Bertz CT molecular complexity index is 578. The van der Waals surface area contributed by atoms with E-state index in [1.807, 2.05) is 72.8 Å². The highest BCUT2D eigenvalue weighted by Crippen LogP contribution is 1.98. The van der Waals surface area contributed by atoms with Gasteiger partial charge >= 0.3 is 0 Å². The summed E-state index contributed by atoms with van der Waals surface area (Å²) in [6.45, 7) is 17.1. The van der Waals surface area contributed by atoms with Crippen molar-refractivity contribution in [1.82, 2.24) is 0 Å². The molecule has 0 heterocycles. The number of carbonyl (C=O) groups is 1. The van der Waals surface area contributed by atoms with Crippen molar-refractivity contribution in [3.8, 4) is 0 Å². The molecule has 0 aliphatic heterocycles. The molecule has 25 heavy (non-hydrogen) atoms. The maximum Gasteiger partial charge on any atom is 0.240 e. The second-order valence-electron chi connectivity index (χ2n) is 4.31. The molecular weight excluding hydrogens is 306 g/mol. The van der Waals surface area contributed by atoms with Gasteiger partial charge in [0.1, 0.15) is 0 Å². The first-order valence-electron chi connectivity index (χ1n) is 7.55. The fraction of sp³-hybridized carbons (Fsp3) is 0. The van der Waals surface area contributed by atoms with Crippen LogP contribution in [0.1, 0.15) is 11.1 Å². The van der Waals surface area contributed by atoms with Crippen LogP contribution in [0.4, 0.5) is 0 Å². The van der Waals surface area contributed by atoms with Gasteiger partial charge in [-0.05, 0) is 17.2 Å². The number of primary amides is 1. The van der Waals surface area contributed by atoms with Gasteiger partial charge in [-0.15, -0.1) is 0 Å². The van der Waals surface area contributed by atoms with E-state index in [2.05, 4.69) is 38.6 Å². The van der Waals surface area contributed by atoms with Gasteiger partial charge in [0, 0.05) is 0 Å². The highest BCUT2D eigenvalue weighted by molar-refractivity contribution is 5.84. The first-order chi connectivity index (χ1) is 12.0. The van der Waals surface area contributed by atoms with Gasteiger partial charge in [0.2, 0.25) is 5.91 Å². The summed E-state index contributed by atoms with van der Waals surface area (Å²) in [6.07, 6.45) is 8.00. The molecule has 0 spiro atoms. The Hall–Kier alpha value is -3.39. The predicted molar refractivity (Wildman–Crippen MR) is 113 cm³/mol. The summed E-state index contributed by atoms with van der Waals surface area (Å²) in [7, 11) is 0. The van der Waals surface area contributed by atoms with Gasteiger partial charge in [-0.25, -0.2) is 0 Å². The lowest BCUT2D eigenvalue weighted by molar-refractivity contribution is -0.113. The molecule has 2 heteroatoms. The maximum atomic E-state index is 9.47. The molecule has 0 fully saturated rings. The topological polar surface area (TPSA) is 43.1 Å². The molecule has 0 atom stereocenters. The van der Waals surface area contributed by atoms with Crippen molar-refractivity contribution >= 4 is 18.1 Å². The molecule has 0 bridgehead atoms. The maximum absolute atomic E-state index is 9.47. The third kappa shape index (κ3) is 18.6. The third-order valence-electron chi connectivity index (χ3n) is 2.44. The number of hydrogen-bond acceptors (Lipinski definition) is 1. The highest BCUT2D eigenvalue weighted by Gasteiger charge is 1.76. The standard InChI is InChI=1S/2C8H8.C4H6.C3H5NO/c2*1-2-8-6-4-3-5-7-8;1-3-4-2;1-2-3(4)5/h2*2-7H,1H2;3-4H,1-2H2;2H,1H2,(H2,4,5). The number of allylic oxidation sites excluding steroid dienone is 2. The average molecular weight is 333 g/mol. The summed E-state index contributed by atoms with van der Waals surface area (Å²) in [6, 6.07) is 20.1. The Morgan fingerprint density at radius 2 is 0.960 bits per heavy atom. The third-order valence-corrected chi connectivity index (χ3v) is 2.44. The Balaban J connectivity index is 0. The first kappa shape index (κ1) is 23.9. The zero-order valence-corrected chi connectivity index (χ0v) is 14.7. The van der Waals surface area contributed by atoms with E-state index in [0.29, 0.717) is 0 Å². The van der Waals surface area contributed by atoms with E-state index in [1.54, 1.807) is 12.2 Å². The Kier molecular flexibility index (Phi) is 17.8. The van der Waals surface area contributed by atoms with Gasteiger partial charge < -0.3 is 5.73 Å². The first-order valence-corrected chi connectivity index (χ1v) is 7.55. The molecule has 0 aromatic heterocycles. The SMILES string of the molecule is C=CC(N)=O.C=CC=C.C=Cc1ccccc1.C=Cc1ccccc1. The average Bonchev–Trinajstić information content (AvgIpc) is 2.70. The van der Waals surface area contributed by atoms with Gasteiger partial charge in [-0.3, -0.25) is 4.79 Å². The van der Waals surface area contributed by atoms with Crippen LogP contribution < -0.4 is 5.73 Å². The molecule has 0 unspecified atom stereocenters. The summed E-state index contributed by atoms with van der Waals surface area (Å²) >= 11 is 0. The van der Waals surface area contributed by atoms with E-state index in [9.17, 15) is 4.79 Å². The second kappa shape index (κ2) is 18.7. The van der Waals surface area contributed by atoms with Crippen LogP contribution in [0.5, 0.6) is 0 Å². The molecule has 0 saturated heterocycles. The lowest BCUT2D eigenvalue weighted by Crippen LogP contribution is -2.04. The molecule has 2 nitrogen and oxygen atoms in total. The van der Waals surface area contributed by atoms with Crippen LogP contribution in [0.3, 0.4) is 0 Å². The van der Waals surface area contributed by atoms with Crippen LogP contribution in [0.2, 0.25) is 0 Å². The Morgan fingerprint density at radius 1 is 0.680 bits per heavy atom. The predicted octanol–water partition coefficient (Wildman–Crippen LogP) is 5.68. The van der Waals surface area contributed by atoms with E-state index in [0.717, 1.165) is 6.08 Å². The summed E-state index contributed by atoms with van der Waals surface area (Å²) in [4.78, 5) is 9.47. The summed E-state index contributed by atoms with van der Waals surface area (Å²) < 4.78 is 0. The summed E-state index contributed by atoms with van der Waals surface area (Å²) in [5, 5.41) is 0. The molecular formula is C23H27NO. The molecule has 1 amide bonds. The fourth-order valence-corrected chi connectivity index (χ4v) is 1.18. The Labute approximate surface area is 152 Å². The van der Waals surface area contributed by atoms with Gasteiger partial charge in [-0.2, -0.15) is 0 Å². The smallest absolute Gasteiger partial charge is 0.240 e. The van der Waals surface area contributed by atoms with Crippen molar-refractivity contribution in [2.24, 2.45) is 5.73 Å². The van der Waals surface area contributed by atoms with Crippen molar-refractivity contribution in [2.45, 2.75) is 0 Å². The minimum absolute atomic E-state index is 0.481. The minimum atomic E-state index is -0.481. The zero-order valence-electron chi connectivity index (χ0n) is 14.7. The van der Waals surface area contributed by atoms with Crippen LogP contribution in [-0.4, -0.2) is 5.91 Å². The molecule has 2 aromatic carbocycles. The number of carbonyl (C=O) groups excluding carboxylic acids is 1. The number of amides is 1.